The second kappa shape index (κ2) is 8.57. The van der Waals surface area contributed by atoms with E-state index in [9.17, 15) is 0 Å². The van der Waals surface area contributed by atoms with Gasteiger partial charge in [-0.1, -0.05) is 45.9 Å². The number of phenolic OH excluding ortho intramolecular Hbond substituents is 1. The Morgan fingerprint density at radius 3 is 2.05 bits per heavy atom. The first-order valence-corrected chi connectivity index (χ1v) is 7.46. The summed E-state index contributed by atoms with van der Waals surface area (Å²) in [6, 6.07) is 7.40. The van der Waals surface area contributed by atoms with E-state index >= 15 is 0 Å². The van der Waals surface area contributed by atoms with E-state index in [0.29, 0.717) is 11.7 Å². The topological polar surface area (TPSA) is 32.6 Å². The Morgan fingerprint density at radius 1 is 1.00 bits per heavy atom. The molecule has 0 bridgehead atoms. The molecule has 1 heterocycles. The average Bonchev–Trinajstić information content (AvgIpc) is 2.84. The molecule has 0 amide bonds. The van der Waals surface area contributed by atoms with Crippen LogP contribution in [0.3, 0.4) is 0 Å². The van der Waals surface area contributed by atoms with Crippen molar-refractivity contribution in [2.75, 3.05) is 0 Å². The molecule has 0 saturated heterocycles. The van der Waals surface area contributed by atoms with Gasteiger partial charge in [-0.05, 0) is 42.4 Å². The zero-order valence-corrected chi connectivity index (χ0v) is 13.1. The van der Waals surface area contributed by atoms with Crippen LogP contribution in [0.4, 0.5) is 0 Å². The van der Waals surface area contributed by atoms with Crippen molar-refractivity contribution in [1.29, 1.82) is 0 Å². The first-order chi connectivity index (χ1) is 9.47. The minimum atomic E-state index is 0.345. The summed E-state index contributed by atoms with van der Waals surface area (Å²) in [6.07, 6.45) is 7.43. The lowest BCUT2D eigenvalue weighted by atomic mass is 10.0. The minimum Gasteiger partial charge on any atom is -0.508 e. The number of aromatic hydroxyl groups is 1. The van der Waals surface area contributed by atoms with Gasteiger partial charge in [0, 0.05) is 18.3 Å². The van der Waals surface area contributed by atoms with Gasteiger partial charge in [-0.25, -0.2) is 0 Å². The Kier molecular flexibility index (Phi) is 7.06. The van der Waals surface area contributed by atoms with Crippen LogP contribution in [-0.4, -0.2) is 11.3 Å². The molecule has 110 valence electrons. The Balaban J connectivity index is 0.000000204. The first-order valence-electron chi connectivity index (χ1n) is 7.46. The summed E-state index contributed by atoms with van der Waals surface area (Å²) >= 11 is 0. The highest BCUT2D eigenvalue weighted by Gasteiger charge is 2.00. The van der Waals surface area contributed by atoms with Crippen LogP contribution < -0.4 is 0 Å². The molecule has 1 aliphatic rings. The van der Waals surface area contributed by atoms with Gasteiger partial charge in [0.05, 0.1) is 0 Å². The van der Waals surface area contributed by atoms with Crippen LogP contribution in [-0.2, 0) is 6.42 Å². The van der Waals surface area contributed by atoms with Crippen molar-refractivity contribution in [3.63, 3.8) is 0 Å². The second-order valence-corrected chi connectivity index (χ2v) is 6.11. The Bertz CT molecular complexity index is 441. The predicted molar refractivity (Wildman–Crippen MR) is 87.3 cm³/mol. The summed E-state index contributed by atoms with van der Waals surface area (Å²) in [6.45, 7) is 8.81. The molecule has 0 fully saturated rings. The van der Waals surface area contributed by atoms with Crippen molar-refractivity contribution < 1.29 is 5.11 Å². The monoisotopic (exact) mass is 273 g/mol. The molecule has 0 aromatic heterocycles. The normalized spacial score (nSPS) is 13.4. The Morgan fingerprint density at radius 2 is 1.60 bits per heavy atom. The Hall–Kier alpha value is -1.57. The van der Waals surface area contributed by atoms with Crippen LogP contribution in [0, 0.1) is 11.8 Å². The van der Waals surface area contributed by atoms with E-state index in [4.69, 9.17) is 5.11 Å². The van der Waals surface area contributed by atoms with Crippen LogP contribution >= 0.6 is 0 Å². The summed E-state index contributed by atoms with van der Waals surface area (Å²) in [4.78, 5) is 4.21. The van der Waals surface area contributed by atoms with Crippen molar-refractivity contribution in [2.45, 2.75) is 47.0 Å². The average molecular weight is 273 g/mol. The number of benzene rings is 1. The number of rotatable bonds is 4. The SMILES string of the molecule is CC(C)CC1=CCC=N1.CC(C)Cc1ccc(O)cc1. The molecule has 1 aromatic carbocycles. The molecule has 0 radical (unpaired) electrons. The lowest BCUT2D eigenvalue weighted by molar-refractivity contribution is 0.475. The standard InChI is InChI=1S/C10H14O.C8H13N/c1-8(2)7-9-3-5-10(11)6-4-9;1-7(2)6-8-4-3-5-9-8/h3-6,8,11H,7H2,1-2H3;4-5,7H,3,6H2,1-2H3. The molecule has 1 aromatic rings. The van der Waals surface area contributed by atoms with E-state index < -0.39 is 0 Å². The molecule has 20 heavy (non-hydrogen) atoms. The third-order valence-electron chi connectivity index (χ3n) is 2.91. The van der Waals surface area contributed by atoms with Gasteiger partial charge < -0.3 is 5.11 Å². The number of phenols is 1. The summed E-state index contributed by atoms with van der Waals surface area (Å²) in [5.41, 5.74) is 2.56. The molecule has 0 aliphatic carbocycles. The van der Waals surface area contributed by atoms with Crippen LogP contribution in [0.2, 0.25) is 0 Å². The summed E-state index contributed by atoms with van der Waals surface area (Å²) < 4.78 is 0. The molecule has 1 aliphatic heterocycles. The number of allylic oxidation sites excluding steroid dienone is 2. The number of hydrogen-bond donors (Lipinski definition) is 1. The van der Waals surface area contributed by atoms with Crippen LogP contribution in [0.15, 0.2) is 41.0 Å². The molecule has 0 saturated carbocycles. The molecule has 0 spiro atoms. The van der Waals surface area contributed by atoms with Gasteiger partial charge >= 0.3 is 0 Å². The van der Waals surface area contributed by atoms with Crippen LogP contribution in [0.25, 0.3) is 0 Å². The second-order valence-electron chi connectivity index (χ2n) is 6.11. The molecule has 1 N–H and O–H groups in total. The maximum Gasteiger partial charge on any atom is 0.115 e. The van der Waals surface area contributed by atoms with Gasteiger partial charge in [-0.15, -0.1) is 0 Å². The van der Waals surface area contributed by atoms with Gasteiger partial charge in [-0.2, -0.15) is 0 Å². The molecular formula is C18H27NO. The quantitative estimate of drug-likeness (QED) is 0.824. The van der Waals surface area contributed by atoms with Gasteiger partial charge in [0.15, 0.2) is 0 Å². The lowest BCUT2D eigenvalue weighted by Crippen LogP contribution is -1.92. The predicted octanol–water partition coefficient (Wildman–Crippen LogP) is 4.98. The molecule has 0 atom stereocenters. The largest absolute Gasteiger partial charge is 0.508 e. The number of aliphatic imine (C=N–C) groups is 1. The third kappa shape index (κ3) is 7.13. The smallest absolute Gasteiger partial charge is 0.115 e. The van der Waals surface area contributed by atoms with Gasteiger partial charge in [0.25, 0.3) is 0 Å². The number of hydrogen-bond acceptors (Lipinski definition) is 2. The molecule has 2 nitrogen and oxygen atoms in total. The van der Waals surface area contributed by atoms with Crippen molar-refractivity contribution in [3.05, 3.63) is 41.6 Å². The molecular weight excluding hydrogens is 246 g/mol. The lowest BCUT2D eigenvalue weighted by Gasteiger charge is -2.03. The summed E-state index contributed by atoms with van der Waals surface area (Å²) in [5.74, 6) is 1.77. The van der Waals surface area contributed by atoms with Gasteiger partial charge in [0.2, 0.25) is 0 Å². The molecule has 2 rings (SSSR count). The zero-order chi connectivity index (χ0) is 15.0. The van der Waals surface area contributed by atoms with E-state index in [1.165, 1.54) is 11.3 Å². The third-order valence-corrected chi connectivity index (χ3v) is 2.91. The highest BCUT2D eigenvalue weighted by atomic mass is 16.3. The van der Waals surface area contributed by atoms with Crippen molar-refractivity contribution in [1.82, 2.24) is 0 Å². The first kappa shape index (κ1) is 16.5. The maximum atomic E-state index is 8.99. The van der Waals surface area contributed by atoms with Gasteiger partial charge in [-0.3, -0.25) is 4.99 Å². The maximum absolute atomic E-state index is 8.99. The number of nitrogens with zero attached hydrogens (tertiary/aromatic N) is 1. The Labute approximate surface area is 123 Å². The van der Waals surface area contributed by atoms with Crippen LogP contribution in [0.5, 0.6) is 5.75 Å². The van der Waals surface area contributed by atoms with Crippen LogP contribution in [0.1, 0.15) is 46.1 Å². The molecule has 2 heteroatoms. The van der Waals surface area contributed by atoms with Crippen molar-refractivity contribution in [2.24, 2.45) is 16.8 Å². The van der Waals surface area contributed by atoms with E-state index in [2.05, 4.69) is 38.8 Å². The zero-order valence-electron chi connectivity index (χ0n) is 13.1. The van der Waals surface area contributed by atoms with E-state index in [1.54, 1.807) is 12.1 Å². The summed E-state index contributed by atoms with van der Waals surface area (Å²) in [7, 11) is 0. The molecule has 0 unspecified atom stereocenters. The highest BCUT2D eigenvalue weighted by molar-refractivity contribution is 5.64. The van der Waals surface area contributed by atoms with Crippen molar-refractivity contribution >= 4 is 6.21 Å². The van der Waals surface area contributed by atoms with E-state index in [1.807, 2.05) is 18.3 Å². The highest BCUT2D eigenvalue weighted by Crippen LogP contribution is 2.15. The summed E-state index contributed by atoms with van der Waals surface area (Å²) in [5, 5.41) is 8.99. The fourth-order valence-corrected chi connectivity index (χ4v) is 2.07. The fourth-order valence-electron chi connectivity index (χ4n) is 2.07. The minimum absolute atomic E-state index is 0.345. The van der Waals surface area contributed by atoms with E-state index in [0.717, 1.165) is 25.2 Å². The van der Waals surface area contributed by atoms with Gasteiger partial charge in [0.1, 0.15) is 5.75 Å². The fraction of sp³-hybridized carbons (Fsp3) is 0.500. The van der Waals surface area contributed by atoms with Crippen molar-refractivity contribution in [3.8, 4) is 5.75 Å². The van der Waals surface area contributed by atoms with E-state index in [-0.39, 0.29) is 0 Å².